The van der Waals surface area contributed by atoms with Crippen LogP contribution >= 0.6 is 11.8 Å². The third-order valence-electron chi connectivity index (χ3n) is 5.12. The molecule has 1 amide bonds. The van der Waals surface area contributed by atoms with Gasteiger partial charge in [-0.1, -0.05) is 18.2 Å². The molecule has 1 unspecified atom stereocenters. The van der Waals surface area contributed by atoms with E-state index in [1.807, 2.05) is 42.1 Å². The van der Waals surface area contributed by atoms with Gasteiger partial charge in [0, 0.05) is 25.2 Å². The lowest BCUT2D eigenvalue weighted by atomic mass is 9.89. The highest BCUT2D eigenvalue weighted by molar-refractivity contribution is 7.99. The molecule has 1 atom stereocenters. The molecule has 6 heteroatoms. The van der Waals surface area contributed by atoms with E-state index in [2.05, 4.69) is 10.2 Å². The number of amides is 1. The van der Waals surface area contributed by atoms with Gasteiger partial charge in [0.15, 0.2) is 6.10 Å². The lowest BCUT2D eigenvalue weighted by molar-refractivity contribution is -0.128. The Morgan fingerprint density at radius 1 is 1.28 bits per heavy atom. The molecule has 0 spiro atoms. The molecule has 0 aromatic heterocycles. The van der Waals surface area contributed by atoms with Crippen molar-refractivity contribution in [3.63, 3.8) is 0 Å². The average Bonchev–Trinajstić information content (AvgIpc) is 2.68. The summed E-state index contributed by atoms with van der Waals surface area (Å²) in [5.74, 6) is 2.99. The molecular formula is C19H28N2O3S. The van der Waals surface area contributed by atoms with E-state index in [4.69, 9.17) is 9.47 Å². The number of nitrogens with one attached hydrogen (secondary N) is 1. The smallest absolute Gasteiger partial charge is 0.260 e. The second kappa shape index (κ2) is 8.92. The fraction of sp³-hybridized carbons (Fsp3) is 0.632. The molecule has 2 aliphatic rings. The standard InChI is InChI=1S/C19H28N2O3S/c1-16(24-17-5-3-2-4-6-17)18(22)20-15-19(7-13-25-14-8-19)21-9-11-23-12-10-21/h2-6,16H,7-15H2,1H3,(H,20,22). The van der Waals surface area contributed by atoms with E-state index < -0.39 is 6.10 Å². The first kappa shape index (κ1) is 18.5. The normalized spacial score (nSPS) is 22.1. The van der Waals surface area contributed by atoms with Gasteiger partial charge in [-0.2, -0.15) is 11.8 Å². The van der Waals surface area contributed by atoms with Gasteiger partial charge in [0.2, 0.25) is 0 Å². The fourth-order valence-electron chi connectivity index (χ4n) is 3.55. The summed E-state index contributed by atoms with van der Waals surface area (Å²) in [5, 5.41) is 3.15. The van der Waals surface area contributed by atoms with Crippen LogP contribution in [0.5, 0.6) is 5.75 Å². The highest BCUT2D eigenvalue weighted by Gasteiger charge is 2.39. The van der Waals surface area contributed by atoms with Crippen LogP contribution in [0.2, 0.25) is 0 Å². The Morgan fingerprint density at radius 3 is 2.64 bits per heavy atom. The molecule has 0 bridgehead atoms. The van der Waals surface area contributed by atoms with Crippen LogP contribution in [-0.2, 0) is 9.53 Å². The second-order valence-corrected chi connectivity index (χ2v) is 7.95. The van der Waals surface area contributed by atoms with Crippen molar-refractivity contribution in [1.29, 1.82) is 0 Å². The number of ether oxygens (including phenoxy) is 2. The summed E-state index contributed by atoms with van der Waals surface area (Å²) in [6.45, 7) is 5.98. The van der Waals surface area contributed by atoms with Gasteiger partial charge in [0.1, 0.15) is 5.75 Å². The number of thioether (sulfide) groups is 1. The second-order valence-electron chi connectivity index (χ2n) is 6.73. The van der Waals surface area contributed by atoms with Crippen LogP contribution in [-0.4, -0.2) is 66.8 Å². The zero-order valence-corrected chi connectivity index (χ0v) is 15.7. The zero-order chi connectivity index (χ0) is 17.5. The summed E-state index contributed by atoms with van der Waals surface area (Å²) in [6, 6.07) is 9.50. The van der Waals surface area contributed by atoms with Crippen LogP contribution in [0.25, 0.3) is 0 Å². The van der Waals surface area contributed by atoms with Crippen LogP contribution < -0.4 is 10.1 Å². The number of para-hydroxylation sites is 1. The molecule has 2 heterocycles. The number of nitrogens with zero attached hydrogens (tertiary/aromatic N) is 1. The minimum Gasteiger partial charge on any atom is -0.481 e. The van der Waals surface area contributed by atoms with Crippen LogP contribution in [0.1, 0.15) is 19.8 Å². The van der Waals surface area contributed by atoms with E-state index >= 15 is 0 Å². The largest absolute Gasteiger partial charge is 0.481 e. The van der Waals surface area contributed by atoms with E-state index in [1.165, 1.54) is 0 Å². The molecule has 25 heavy (non-hydrogen) atoms. The summed E-state index contributed by atoms with van der Waals surface area (Å²) in [5.41, 5.74) is 0.0666. The maximum absolute atomic E-state index is 12.5. The van der Waals surface area contributed by atoms with Crippen LogP contribution in [0.15, 0.2) is 30.3 Å². The first-order valence-electron chi connectivity index (χ1n) is 9.10. The number of morpholine rings is 1. The van der Waals surface area contributed by atoms with E-state index in [0.29, 0.717) is 6.54 Å². The van der Waals surface area contributed by atoms with Gasteiger partial charge in [-0.15, -0.1) is 0 Å². The topological polar surface area (TPSA) is 50.8 Å². The number of carbonyl (C=O) groups excluding carboxylic acids is 1. The van der Waals surface area contributed by atoms with Crippen molar-refractivity contribution in [3.8, 4) is 5.75 Å². The number of benzene rings is 1. The number of rotatable bonds is 6. The van der Waals surface area contributed by atoms with Crippen molar-refractivity contribution in [1.82, 2.24) is 10.2 Å². The predicted octanol–water partition coefficient (Wildman–Crippen LogP) is 2.17. The van der Waals surface area contributed by atoms with Crippen molar-refractivity contribution in [2.75, 3.05) is 44.4 Å². The molecule has 0 saturated carbocycles. The Balaban J connectivity index is 1.57. The minimum absolute atomic E-state index is 0.0466. The number of hydrogen-bond acceptors (Lipinski definition) is 5. The SMILES string of the molecule is CC(Oc1ccccc1)C(=O)NCC1(N2CCOCC2)CCSCC1. The lowest BCUT2D eigenvalue weighted by Crippen LogP contribution is -2.61. The molecule has 0 radical (unpaired) electrons. The van der Waals surface area contributed by atoms with E-state index in [-0.39, 0.29) is 11.4 Å². The first-order chi connectivity index (χ1) is 12.2. The van der Waals surface area contributed by atoms with Crippen molar-refractivity contribution in [3.05, 3.63) is 30.3 Å². The average molecular weight is 365 g/mol. The Kier molecular flexibility index (Phi) is 6.62. The molecule has 138 valence electrons. The van der Waals surface area contributed by atoms with Gasteiger partial charge >= 0.3 is 0 Å². The summed E-state index contributed by atoms with van der Waals surface area (Å²) in [7, 11) is 0. The van der Waals surface area contributed by atoms with Gasteiger partial charge in [0.05, 0.1) is 13.2 Å². The van der Waals surface area contributed by atoms with Gasteiger partial charge < -0.3 is 14.8 Å². The summed E-state index contributed by atoms with van der Waals surface area (Å²) in [6.07, 6.45) is 1.74. The first-order valence-corrected chi connectivity index (χ1v) is 10.3. The summed E-state index contributed by atoms with van der Waals surface area (Å²) >= 11 is 2.01. The quantitative estimate of drug-likeness (QED) is 0.838. The van der Waals surface area contributed by atoms with E-state index in [9.17, 15) is 4.79 Å². The van der Waals surface area contributed by atoms with E-state index in [1.54, 1.807) is 6.92 Å². The fourth-order valence-corrected chi connectivity index (χ4v) is 4.80. The molecule has 1 N–H and O–H groups in total. The Bertz CT molecular complexity index is 543. The Morgan fingerprint density at radius 2 is 1.96 bits per heavy atom. The van der Waals surface area contributed by atoms with Crippen LogP contribution in [0, 0.1) is 0 Å². The van der Waals surface area contributed by atoms with Crippen molar-refractivity contribution < 1.29 is 14.3 Å². The minimum atomic E-state index is -0.498. The van der Waals surface area contributed by atoms with Gasteiger partial charge in [-0.25, -0.2) is 0 Å². The molecule has 2 aliphatic heterocycles. The maximum Gasteiger partial charge on any atom is 0.260 e. The highest BCUT2D eigenvalue weighted by atomic mass is 32.2. The van der Waals surface area contributed by atoms with Crippen molar-refractivity contribution >= 4 is 17.7 Å². The number of carbonyl (C=O) groups is 1. The summed E-state index contributed by atoms with van der Waals surface area (Å²) < 4.78 is 11.3. The third kappa shape index (κ3) is 4.90. The summed E-state index contributed by atoms with van der Waals surface area (Å²) in [4.78, 5) is 15.1. The molecule has 1 aromatic rings. The molecule has 1 aromatic carbocycles. The third-order valence-corrected chi connectivity index (χ3v) is 6.11. The lowest BCUT2D eigenvalue weighted by Gasteiger charge is -2.48. The van der Waals surface area contributed by atoms with Crippen LogP contribution in [0.4, 0.5) is 0 Å². The molecular weight excluding hydrogens is 336 g/mol. The maximum atomic E-state index is 12.5. The zero-order valence-electron chi connectivity index (χ0n) is 14.9. The Labute approximate surface area is 154 Å². The molecule has 2 fully saturated rings. The van der Waals surface area contributed by atoms with Gasteiger partial charge in [-0.3, -0.25) is 9.69 Å². The van der Waals surface area contributed by atoms with Crippen molar-refractivity contribution in [2.24, 2.45) is 0 Å². The monoisotopic (exact) mass is 364 g/mol. The highest BCUT2D eigenvalue weighted by Crippen LogP contribution is 2.32. The Hall–Kier alpha value is -1.24. The molecule has 3 rings (SSSR count). The van der Waals surface area contributed by atoms with Crippen molar-refractivity contribution in [2.45, 2.75) is 31.4 Å². The molecule has 0 aliphatic carbocycles. The van der Waals surface area contributed by atoms with Crippen LogP contribution in [0.3, 0.4) is 0 Å². The predicted molar refractivity (Wildman–Crippen MR) is 101 cm³/mol. The molecule has 2 saturated heterocycles. The number of hydrogen-bond donors (Lipinski definition) is 1. The van der Waals surface area contributed by atoms with Gasteiger partial charge in [0.25, 0.3) is 5.91 Å². The molecule has 5 nitrogen and oxygen atoms in total. The van der Waals surface area contributed by atoms with E-state index in [0.717, 1.165) is 56.4 Å². The van der Waals surface area contributed by atoms with Gasteiger partial charge in [-0.05, 0) is 43.4 Å².